The first kappa shape index (κ1) is 16.8. The lowest BCUT2D eigenvalue weighted by molar-refractivity contribution is 0.606. The molecule has 0 amide bonds. The van der Waals surface area contributed by atoms with Crippen molar-refractivity contribution in [3.05, 3.63) is 88.0 Å². The number of nitrogens with zero attached hydrogens (tertiary/aromatic N) is 4. The fourth-order valence-corrected chi connectivity index (χ4v) is 3.45. The molecule has 7 heteroatoms. The maximum atomic E-state index is 13.6. The predicted molar refractivity (Wildman–Crippen MR) is 101 cm³/mol. The van der Waals surface area contributed by atoms with Crippen LogP contribution in [0.4, 0.5) is 8.78 Å². The standard InChI is InChI=1S/C21H16F2N4O/c22-15-6-8-17(9-7-15)27-20-18(11-24-27)19(14-4-5-14)25-26(21(20)28)12-13-2-1-3-16(23)10-13/h1-3,6-11,14H,4-5,12H2. The van der Waals surface area contributed by atoms with Gasteiger partial charge >= 0.3 is 0 Å². The second kappa shape index (κ2) is 6.37. The second-order valence-electron chi connectivity index (χ2n) is 7.05. The Morgan fingerprint density at radius 1 is 1.04 bits per heavy atom. The van der Waals surface area contributed by atoms with Gasteiger partial charge in [0.25, 0.3) is 5.56 Å². The minimum absolute atomic E-state index is 0.168. The zero-order valence-corrected chi connectivity index (χ0v) is 14.8. The van der Waals surface area contributed by atoms with E-state index >= 15 is 0 Å². The quantitative estimate of drug-likeness (QED) is 0.543. The average Bonchev–Trinajstić information content (AvgIpc) is 3.43. The van der Waals surface area contributed by atoms with Crippen molar-refractivity contribution in [3.63, 3.8) is 0 Å². The molecule has 2 aromatic carbocycles. The van der Waals surface area contributed by atoms with E-state index in [0.29, 0.717) is 28.1 Å². The van der Waals surface area contributed by atoms with E-state index in [2.05, 4.69) is 10.2 Å². The van der Waals surface area contributed by atoms with Crippen molar-refractivity contribution < 1.29 is 8.78 Å². The van der Waals surface area contributed by atoms with E-state index in [9.17, 15) is 13.6 Å². The maximum Gasteiger partial charge on any atom is 0.293 e. The van der Waals surface area contributed by atoms with Crippen molar-refractivity contribution in [2.24, 2.45) is 0 Å². The summed E-state index contributed by atoms with van der Waals surface area (Å²) in [5.74, 6) is -0.415. The first-order valence-corrected chi connectivity index (χ1v) is 9.09. The highest BCUT2D eigenvalue weighted by molar-refractivity contribution is 5.82. The van der Waals surface area contributed by atoms with Gasteiger partial charge in [-0.3, -0.25) is 4.79 Å². The van der Waals surface area contributed by atoms with Crippen molar-refractivity contribution in [3.8, 4) is 5.69 Å². The van der Waals surface area contributed by atoms with Gasteiger partial charge in [-0.15, -0.1) is 0 Å². The Bertz CT molecular complexity index is 1240. The SMILES string of the molecule is O=c1c2c(cnn2-c2ccc(F)cc2)c(C2CC2)nn1Cc1cccc(F)c1. The van der Waals surface area contributed by atoms with Crippen LogP contribution in [0.15, 0.2) is 59.5 Å². The lowest BCUT2D eigenvalue weighted by atomic mass is 10.2. The van der Waals surface area contributed by atoms with Crippen LogP contribution in [0.5, 0.6) is 0 Å². The number of fused-ring (bicyclic) bond motifs is 1. The summed E-state index contributed by atoms with van der Waals surface area (Å²) in [5, 5.41) is 9.66. The molecular weight excluding hydrogens is 362 g/mol. The first-order chi connectivity index (χ1) is 13.6. The molecule has 0 saturated heterocycles. The lowest BCUT2D eigenvalue weighted by Crippen LogP contribution is -2.26. The summed E-state index contributed by atoms with van der Waals surface area (Å²) in [6.45, 7) is 0.168. The highest BCUT2D eigenvalue weighted by Crippen LogP contribution is 2.41. The van der Waals surface area contributed by atoms with Gasteiger partial charge in [0.05, 0.1) is 24.1 Å². The number of benzene rings is 2. The summed E-state index contributed by atoms with van der Waals surface area (Å²) in [4.78, 5) is 13.2. The van der Waals surface area contributed by atoms with E-state index in [1.54, 1.807) is 30.5 Å². The van der Waals surface area contributed by atoms with E-state index in [4.69, 9.17) is 0 Å². The van der Waals surface area contributed by atoms with Gasteiger partial charge < -0.3 is 0 Å². The van der Waals surface area contributed by atoms with E-state index in [-0.39, 0.29) is 23.7 Å². The molecule has 0 N–H and O–H groups in total. The van der Waals surface area contributed by atoms with Gasteiger partial charge in [-0.05, 0) is 54.8 Å². The zero-order valence-electron chi connectivity index (χ0n) is 14.8. The van der Waals surface area contributed by atoms with Crippen LogP contribution < -0.4 is 5.56 Å². The molecule has 2 heterocycles. The van der Waals surface area contributed by atoms with Crippen molar-refractivity contribution >= 4 is 10.9 Å². The Morgan fingerprint density at radius 2 is 1.82 bits per heavy atom. The van der Waals surface area contributed by atoms with E-state index in [0.717, 1.165) is 18.5 Å². The molecule has 0 radical (unpaired) electrons. The molecule has 1 saturated carbocycles. The Hall–Kier alpha value is -3.35. The Morgan fingerprint density at radius 3 is 2.54 bits per heavy atom. The number of halogens is 2. The van der Waals surface area contributed by atoms with E-state index in [1.165, 1.54) is 33.6 Å². The van der Waals surface area contributed by atoms with E-state index < -0.39 is 0 Å². The number of hydrogen-bond donors (Lipinski definition) is 0. The highest BCUT2D eigenvalue weighted by atomic mass is 19.1. The van der Waals surface area contributed by atoms with Crippen LogP contribution in [-0.2, 0) is 6.54 Å². The molecule has 5 nitrogen and oxygen atoms in total. The molecule has 1 aliphatic carbocycles. The zero-order chi connectivity index (χ0) is 19.3. The number of rotatable bonds is 4. The molecule has 0 aliphatic heterocycles. The van der Waals surface area contributed by atoms with Gasteiger partial charge in [-0.1, -0.05) is 12.1 Å². The minimum Gasteiger partial charge on any atom is -0.265 e. The molecule has 1 aliphatic rings. The number of aromatic nitrogens is 4. The summed E-state index contributed by atoms with van der Waals surface area (Å²) in [6, 6.07) is 11.9. The van der Waals surface area contributed by atoms with Crippen LogP contribution in [-0.4, -0.2) is 19.6 Å². The third-order valence-electron chi connectivity index (χ3n) is 4.97. The normalized spacial score (nSPS) is 13.9. The van der Waals surface area contributed by atoms with Crippen molar-refractivity contribution in [1.29, 1.82) is 0 Å². The summed E-state index contributed by atoms with van der Waals surface area (Å²) in [5.41, 5.74) is 2.17. The molecule has 140 valence electrons. The van der Waals surface area contributed by atoms with Crippen LogP contribution in [0, 0.1) is 11.6 Å². The van der Waals surface area contributed by atoms with Gasteiger partial charge in [-0.2, -0.15) is 10.2 Å². The van der Waals surface area contributed by atoms with Crippen LogP contribution in [0.25, 0.3) is 16.6 Å². The first-order valence-electron chi connectivity index (χ1n) is 9.09. The molecule has 0 bridgehead atoms. The van der Waals surface area contributed by atoms with Crippen molar-refractivity contribution in [2.45, 2.75) is 25.3 Å². The molecule has 0 unspecified atom stereocenters. The van der Waals surface area contributed by atoms with Gasteiger partial charge in [0.2, 0.25) is 0 Å². The molecule has 4 aromatic rings. The molecular formula is C21H16F2N4O. The molecule has 2 aromatic heterocycles. The number of hydrogen-bond acceptors (Lipinski definition) is 3. The average molecular weight is 378 g/mol. The van der Waals surface area contributed by atoms with E-state index in [1.807, 2.05) is 0 Å². The summed E-state index contributed by atoms with van der Waals surface area (Å²) >= 11 is 0. The summed E-state index contributed by atoms with van der Waals surface area (Å²) in [6.07, 6.45) is 3.68. The molecule has 0 atom stereocenters. The second-order valence-corrected chi connectivity index (χ2v) is 7.05. The Kier molecular flexibility index (Phi) is 3.82. The third-order valence-corrected chi connectivity index (χ3v) is 4.97. The van der Waals surface area contributed by atoms with Gasteiger partial charge in [0.1, 0.15) is 17.2 Å². The molecule has 5 rings (SSSR count). The maximum absolute atomic E-state index is 13.6. The van der Waals surface area contributed by atoms with Crippen LogP contribution in [0.1, 0.15) is 30.0 Å². The summed E-state index contributed by atoms with van der Waals surface area (Å²) < 4.78 is 29.7. The van der Waals surface area contributed by atoms with Gasteiger partial charge in [0, 0.05) is 11.3 Å². The van der Waals surface area contributed by atoms with Gasteiger partial charge in [-0.25, -0.2) is 18.1 Å². The smallest absolute Gasteiger partial charge is 0.265 e. The minimum atomic E-state index is -0.357. The fraction of sp³-hybridized carbons (Fsp3) is 0.190. The van der Waals surface area contributed by atoms with Crippen LogP contribution >= 0.6 is 0 Å². The monoisotopic (exact) mass is 378 g/mol. The lowest BCUT2D eigenvalue weighted by Gasteiger charge is -2.10. The Labute approximate surface area is 158 Å². The fourth-order valence-electron chi connectivity index (χ4n) is 3.45. The summed E-state index contributed by atoms with van der Waals surface area (Å²) in [7, 11) is 0. The van der Waals surface area contributed by atoms with Crippen molar-refractivity contribution in [2.75, 3.05) is 0 Å². The van der Waals surface area contributed by atoms with Crippen molar-refractivity contribution in [1.82, 2.24) is 19.6 Å². The topological polar surface area (TPSA) is 52.7 Å². The molecule has 28 heavy (non-hydrogen) atoms. The van der Waals surface area contributed by atoms with Gasteiger partial charge in [0.15, 0.2) is 0 Å². The Balaban J connectivity index is 1.71. The predicted octanol–water partition coefficient (Wildman–Crippen LogP) is 3.79. The third kappa shape index (κ3) is 2.89. The molecule has 1 fully saturated rings. The highest BCUT2D eigenvalue weighted by Gasteiger charge is 2.30. The van der Waals surface area contributed by atoms with Crippen LogP contribution in [0.2, 0.25) is 0 Å². The largest absolute Gasteiger partial charge is 0.293 e. The molecule has 0 spiro atoms. The van der Waals surface area contributed by atoms with Crippen LogP contribution in [0.3, 0.4) is 0 Å².